The number of nitrogens with zero attached hydrogens (tertiary/aromatic N) is 2. The summed E-state index contributed by atoms with van der Waals surface area (Å²) in [6, 6.07) is 10.4. The smallest absolute Gasteiger partial charge is 0.427 e. The minimum absolute atomic E-state index is 0.0154. The Bertz CT molecular complexity index is 1640. The molecule has 0 saturated heterocycles. The summed E-state index contributed by atoms with van der Waals surface area (Å²) < 4.78 is 110. The first-order valence-corrected chi connectivity index (χ1v) is 11.0. The second kappa shape index (κ2) is 8.12. The van der Waals surface area contributed by atoms with Crippen LogP contribution < -0.4 is 19.5 Å². The van der Waals surface area contributed by atoms with Crippen molar-refractivity contribution in [3.8, 4) is 39.6 Å². The summed E-state index contributed by atoms with van der Waals surface area (Å²) in [6.07, 6.45) is -7.48. The van der Waals surface area contributed by atoms with Gasteiger partial charge in [0.25, 0.3) is 0 Å². The minimum Gasteiger partial charge on any atom is -0.427 e. The Labute approximate surface area is 213 Å². The number of halogens is 7. The van der Waals surface area contributed by atoms with Crippen LogP contribution in [0.15, 0.2) is 66.9 Å². The van der Waals surface area contributed by atoms with Gasteiger partial charge in [-0.05, 0) is 54.1 Å². The molecular formula is C25H12F7N3O4. The van der Waals surface area contributed by atoms with Gasteiger partial charge in [-0.1, -0.05) is 6.07 Å². The van der Waals surface area contributed by atoms with Crippen molar-refractivity contribution < 1.29 is 49.7 Å². The van der Waals surface area contributed by atoms with Gasteiger partial charge in [0, 0.05) is 29.1 Å². The number of amides is 1. The van der Waals surface area contributed by atoms with Crippen LogP contribution in [-0.2, 0) is 5.92 Å². The first-order chi connectivity index (χ1) is 18.3. The van der Waals surface area contributed by atoms with Gasteiger partial charge in [-0.3, -0.25) is 0 Å². The van der Waals surface area contributed by atoms with Gasteiger partial charge < -0.3 is 19.5 Å². The fraction of sp³-hybridized carbons (Fsp3) is 0.120. The molecule has 0 fully saturated rings. The summed E-state index contributed by atoms with van der Waals surface area (Å²) in [5.41, 5.74) is -0.683. The fourth-order valence-electron chi connectivity index (χ4n) is 4.11. The number of carbonyl (C=O) groups is 1. The summed E-state index contributed by atoms with van der Waals surface area (Å²) in [5.74, 6) is -6.50. The molecule has 0 bridgehead atoms. The maximum Gasteiger partial charge on any atom is 0.586 e. The predicted molar refractivity (Wildman–Crippen MR) is 120 cm³/mol. The van der Waals surface area contributed by atoms with E-state index in [9.17, 15) is 35.5 Å². The lowest BCUT2D eigenvalue weighted by atomic mass is 9.98. The Hall–Kier alpha value is -4.75. The van der Waals surface area contributed by atoms with Crippen molar-refractivity contribution in [2.75, 3.05) is 5.32 Å². The molecule has 2 aliphatic heterocycles. The van der Waals surface area contributed by atoms with E-state index < -0.39 is 41.5 Å². The van der Waals surface area contributed by atoms with Gasteiger partial charge in [-0.25, -0.2) is 9.18 Å². The van der Waals surface area contributed by atoms with Gasteiger partial charge in [0.2, 0.25) is 0 Å². The Morgan fingerprint density at radius 3 is 2.21 bits per heavy atom. The molecule has 3 aromatic carbocycles. The third kappa shape index (κ3) is 4.08. The first-order valence-electron chi connectivity index (χ1n) is 11.0. The molecule has 200 valence electrons. The van der Waals surface area contributed by atoms with Crippen molar-refractivity contribution >= 4 is 11.7 Å². The molecule has 1 N–H and O–H groups in total. The van der Waals surface area contributed by atoms with Gasteiger partial charge in [0.15, 0.2) is 11.5 Å². The van der Waals surface area contributed by atoms with Crippen LogP contribution in [0.4, 0.5) is 41.2 Å². The lowest BCUT2D eigenvalue weighted by Crippen LogP contribution is -2.36. The van der Waals surface area contributed by atoms with E-state index in [1.807, 2.05) is 0 Å². The maximum atomic E-state index is 14.3. The second-order valence-corrected chi connectivity index (χ2v) is 8.51. The Kier molecular flexibility index (Phi) is 5.12. The lowest BCUT2D eigenvalue weighted by Gasteiger charge is -2.16. The topological polar surface area (TPSA) is 74.6 Å². The zero-order chi connectivity index (χ0) is 27.7. The van der Waals surface area contributed by atoms with E-state index in [1.54, 1.807) is 0 Å². The summed E-state index contributed by atoms with van der Waals surface area (Å²) >= 11 is 0. The zero-order valence-corrected chi connectivity index (χ0v) is 19.0. The van der Waals surface area contributed by atoms with Crippen LogP contribution in [0.2, 0.25) is 0 Å². The van der Waals surface area contributed by atoms with Crippen molar-refractivity contribution in [2.45, 2.75) is 18.3 Å². The molecule has 0 spiro atoms. The van der Waals surface area contributed by atoms with Crippen LogP contribution in [0.1, 0.15) is 5.56 Å². The van der Waals surface area contributed by atoms with Crippen LogP contribution >= 0.6 is 0 Å². The summed E-state index contributed by atoms with van der Waals surface area (Å²) in [4.78, 5) is 13.0. The van der Waals surface area contributed by atoms with E-state index in [-0.39, 0.29) is 39.6 Å². The van der Waals surface area contributed by atoms with E-state index in [1.165, 1.54) is 24.3 Å². The molecule has 1 aromatic heterocycles. The minimum atomic E-state index is -4.76. The number of benzene rings is 3. The SMILES string of the molecule is O=C(Nc1ccc2c(c1)OC(F)(F)O2)n1cc(-c2ccc3c(c2)C(F)(F)C(F)(F)O3)c(-c2ccc(F)cc2)n1. The monoisotopic (exact) mass is 551 g/mol. The molecule has 0 unspecified atom stereocenters. The van der Waals surface area contributed by atoms with Crippen LogP contribution in [0, 0.1) is 5.82 Å². The average molecular weight is 551 g/mol. The number of carbonyl (C=O) groups excluding carboxylic acids is 1. The molecule has 2 aliphatic rings. The predicted octanol–water partition coefficient (Wildman–Crippen LogP) is 6.83. The molecular weight excluding hydrogens is 539 g/mol. The summed E-state index contributed by atoms with van der Waals surface area (Å²) in [7, 11) is 0. The number of ether oxygens (including phenoxy) is 3. The molecule has 6 rings (SSSR count). The van der Waals surface area contributed by atoms with Crippen molar-refractivity contribution in [3.05, 3.63) is 78.2 Å². The van der Waals surface area contributed by atoms with Crippen molar-refractivity contribution in [2.24, 2.45) is 0 Å². The van der Waals surface area contributed by atoms with Gasteiger partial charge in [-0.2, -0.15) is 27.3 Å². The maximum absolute atomic E-state index is 14.3. The molecule has 1 amide bonds. The number of rotatable bonds is 3. The molecule has 4 aromatic rings. The fourth-order valence-corrected chi connectivity index (χ4v) is 4.11. The third-order valence-corrected chi connectivity index (χ3v) is 5.93. The highest BCUT2D eigenvalue weighted by Crippen LogP contribution is 2.54. The number of nitrogens with one attached hydrogen (secondary N) is 1. The zero-order valence-electron chi connectivity index (χ0n) is 19.0. The molecule has 0 radical (unpaired) electrons. The molecule has 39 heavy (non-hydrogen) atoms. The van der Waals surface area contributed by atoms with E-state index in [0.29, 0.717) is 0 Å². The van der Waals surface area contributed by atoms with Crippen LogP contribution in [0.25, 0.3) is 22.4 Å². The normalized spacial score (nSPS) is 17.4. The third-order valence-electron chi connectivity index (χ3n) is 5.93. The highest BCUT2D eigenvalue weighted by atomic mass is 19.3. The van der Waals surface area contributed by atoms with E-state index in [0.717, 1.165) is 47.3 Å². The van der Waals surface area contributed by atoms with Crippen molar-refractivity contribution in [1.29, 1.82) is 0 Å². The molecule has 3 heterocycles. The van der Waals surface area contributed by atoms with Crippen LogP contribution in [-0.4, -0.2) is 28.2 Å². The van der Waals surface area contributed by atoms with E-state index >= 15 is 0 Å². The van der Waals surface area contributed by atoms with Crippen LogP contribution in [0.3, 0.4) is 0 Å². The standard InChI is InChI=1S/C25H12F7N3O4/c26-14-4-1-12(2-5-14)21-16(13-3-7-18-17(9-13)23(27,28)24(29,30)37-18)11-35(34-21)22(36)33-15-6-8-19-20(10-15)39-25(31,32)38-19/h1-11H,(H,33,36). The average Bonchev–Trinajstić information content (AvgIpc) is 3.49. The van der Waals surface area contributed by atoms with Gasteiger partial charge in [0.1, 0.15) is 17.3 Å². The van der Waals surface area contributed by atoms with E-state index in [4.69, 9.17) is 0 Å². The van der Waals surface area contributed by atoms with Gasteiger partial charge in [-0.15, -0.1) is 8.78 Å². The lowest BCUT2D eigenvalue weighted by molar-refractivity contribution is -0.296. The summed E-state index contributed by atoms with van der Waals surface area (Å²) in [6.45, 7) is 0. The van der Waals surface area contributed by atoms with Crippen molar-refractivity contribution in [3.63, 3.8) is 0 Å². The molecule has 14 heteroatoms. The highest BCUT2D eigenvalue weighted by Gasteiger charge is 2.66. The Balaban J connectivity index is 1.38. The second-order valence-electron chi connectivity index (χ2n) is 8.51. The quantitative estimate of drug-likeness (QED) is 0.283. The highest BCUT2D eigenvalue weighted by molar-refractivity contribution is 5.93. The molecule has 7 nitrogen and oxygen atoms in total. The number of alkyl halides is 6. The molecule has 0 atom stereocenters. The molecule has 0 saturated carbocycles. The van der Waals surface area contributed by atoms with Crippen LogP contribution in [0.5, 0.6) is 17.2 Å². The van der Waals surface area contributed by atoms with Gasteiger partial charge in [0.05, 0.1) is 5.56 Å². The largest absolute Gasteiger partial charge is 0.586 e. The molecule has 0 aliphatic carbocycles. The summed E-state index contributed by atoms with van der Waals surface area (Å²) in [5, 5.41) is 6.59. The van der Waals surface area contributed by atoms with Crippen molar-refractivity contribution in [1.82, 2.24) is 9.78 Å². The van der Waals surface area contributed by atoms with E-state index in [2.05, 4.69) is 24.6 Å². The number of hydrogen-bond donors (Lipinski definition) is 1. The first kappa shape index (κ1) is 24.6. The Morgan fingerprint density at radius 1 is 0.795 bits per heavy atom. The number of aromatic nitrogens is 2. The number of fused-ring (bicyclic) bond motifs is 2. The Morgan fingerprint density at radius 2 is 1.46 bits per heavy atom. The number of anilines is 1. The van der Waals surface area contributed by atoms with Gasteiger partial charge >= 0.3 is 24.4 Å². The number of hydrogen-bond acceptors (Lipinski definition) is 5.